The lowest BCUT2D eigenvalue weighted by Crippen LogP contribution is -2.22. The summed E-state index contributed by atoms with van der Waals surface area (Å²) in [7, 11) is 1.64. The van der Waals surface area contributed by atoms with Crippen molar-refractivity contribution in [1.82, 2.24) is 9.88 Å². The van der Waals surface area contributed by atoms with Gasteiger partial charge >= 0.3 is 6.09 Å². The van der Waals surface area contributed by atoms with Crippen LogP contribution < -0.4 is 10.9 Å². The Hall–Kier alpha value is -1.78. The maximum absolute atomic E-state index is 11.1. The largest absolute Gasteiger partial charge is 0.465 e. The number of hydrogen-bond donors (Lipinski definition) is 2. The highest BCUT2D eigenvalue weighted by atomic mass is 16.4. The number of nitrogens with zero attached hydrogens (tertiary/aromatic N) is 1. The Morgan fingerprint density at radius 2 is 2.38 bits per heavy atom. The predicted octanol–water partition coefficient (Wildman–Crippen LogP) is 0.153. The molecular weight excluding hydrogens is 172 g/mol. The SMILES string of the molecule is Cn1ccc(CNC(=O)O)cc1=O. The Balaban J connectivity index is 2.74. The van der Waals surface area contributed by atoms with Crippen LogP contribution in [0, 0.1) is 0 Å². The Kier molecular flexibility index (Phi) is 2.69. The van der Waals surface area contributed by atoms with Gasteiger partial charge in [0, 0.05) is 25.9 Å². The van der Waals surface area contributed by atoms with Crippen LogP contribution in [0.3, 0.4) is 0 Å². The second kappa shape index (κ2) is 3.75. The maximum atomic E-state index is 11.1. The molecule has 5 nitrogen and oxygen atoms in total. The molecule has 0 spiro atoms. The lowest BCUT2D eigenvalue weighted by molar-refractivity contribution is 0.194. The summed E-state index contributed by atoms with van der Waals surface area (Å²) in [6.07, 6.45) is 0.502. The first kappa shape index (κ1) is 9.31. The van der Waals surface area contributed by atoms with Crippen LogP contribution in [0.2, 0.25) is 0 Å². The van der Waals surface area contributed by atoms with Gasteiger partial charge in [0.15, 0.2) is 0 Å². The van der Waals surface area contributed by atoms with Crippen LogP contribution >= 0.6 is 0 Å². The first-order chi connectivity index (χ1) is 6.09. The molecule has 0 unspecified atom stereocenters. The minimum atomic E-state index is -1.10. The summed E-state index contributed by atoms with van der Waals surface area (Å²) in [5.74, 6) is 0. The van der Waals surface area contributed by atoms with Gasteiger partial charge in [-0.3, -0.25) is 4.79 Å². The number of aryl methyl sites for hydroxylation is 1. The molecule has 1 aromatic heterocycles. The predicted molar refractivity (Wildman–Crippen MR) is 46.5 cm³/mol. The minimum Gasteiger partial charge on any atom is -0.465 e. The normalized spacial score (nSPS) is 9.62. The van der Waals surface area contributed by atoms with Gasteiger partial charge in [0.1, 0.15) is 0 Å². The fourth-order valence-electron chi connectivity index (χ4n) is 0.877. The average molecular weight is 182 g/mol. The van der Waals surface area contributed by atoms with E-state index in [4.69, 9.17) is 5.11 Å². The van der Waals surface area contributed by atoms with Crippen LogP contribution in [0.25, 0.3) is 0 Å². The number of aromatic nitrogens is 1. The molecule has 0 fully saturated rings. The highest BCUT2D eigenvalue weighted by Crippen LogP contribution is 1.92. The van der Waals surface area contributed by atoms with Gasteiger partial charge in [0.25, 0.3) is 5.56 Å². The summed E-state index contributed by atoms with van der Waals surface area (Å²) < 4.78 is 1.42. The summed E-state index contributed by atoms with van der Waals surface area (Å²) in [5.41, 5.74) is 0.509. The molecule has 0 aliphatic rings. The third-order valence-corrected chi connectivity index (χ3v) is 1.61. The van der Waals surface area contributed by atoms with Crippen molar-refractivity contribution < 1.29 is 9.90 Å². The highest BCUT2D eigenvalue weighted by Gasteiger charge is 1.97. The summed E-state index contributed by atoms with van der Waals surface area (Å²) in [6.45, 7) is 0.158. The molecule has 2 N–H and O–H groups in total. The third kappa shape index (κ3) is 2.62. The zero-order chi connectivity index (χ0) is 9.84. The van der Waals surface area contributed by atoms with Gasteiger partial charge in [-0.25, -0.2) is 4.79 Å². The lowest BCUT2D eigenvalue weighted by atomic mass is 10.2. The van der Waals surface area contributed by atoms with E-state index in [9.17, 15) is 9.59 Å². The fraction of sp³-hybridized carbons (Fsp3) is 0.250. The van der Waals surface area contributed by atoms with Crippen molar-refractivity contribution in [2.24, 2.45) is 7.05 Å². The fourth-order valence-corrected chi connectivity index (χ4v) is 0.877. The summed E-state index contributed by atoms with van der Waals surface area (Å²) >= 11 is 0. The van der Waals surface area contributed by atoms with E-state index in [0.29, 0.717) is 5.56 Å². The molecule has 1 heterocycles. The number of nitrogens with one attached hydrogen (secondary N) is 1. The van der Waals surface area contributed by atoms with E-state index in [0.717, 1.165) is 0 Å². The van der Waals surface area contributed by atoms with Crippen LogP contribution in [0.4, 0.5) is 4.79 Å². The quantitative estimate of drug-likeness (QED) is 0.684. The van der Waals surface area contributed by atoms with Crippen LogP contribution in [0.5, 0.6) is 0 Å². The van der Waals surface area contributed by atoms with Crippen molar-refractivity contribution in [3.8, 4) is 0 Å². The van der Waals surface area contributed by atoms with E-state index < -0.39 is 6.09 Å². The molecule has 0 aliphatic carbocycles. The van der Waals surface area contributed by atoms with Gasteiger partial charge in [-0.2, -0.15) is 0 Å². The summed E-state index contributed by atoms with van der Waals surface area (Å²) in [5, 5.41) is 10.5. The molecule has 0 radical (unpaired) electrons. The molecule has 5 heteroatoms. The molecule has 0 aliphatic heterocycles. The molecule has 0 atom stereocenters. The standard InChI is InChI=1S/C8H10N2O3/c1-10-3-2-6(4-7(10)11)5-9-8(12)13/h2-4,9H,5H2,1H3,(H,12,13). The van der Waals surface area contributed by atoms with Crippen molar-refractivity contribution in [2.45, 2.75) is 6.54 Å². The number of hydrogen-bond acceptors (Lipinski definition) is 2. The third-order valence-electron chi connectivity index (χ3n) is 1.61. The van der Waals surface area contributed by atoms with Crippen molar-refractivity contribution >= 4 is 6.09 Å². The number of carboxylic acid groups (broad SMARTS) is 1. The minimum absolute atomic E-state index is 0.148. The summed E-state index contributed by atoms with van der Waals surface area (Å²) in [6, 6.07) is 3.09. The van der Waals surface area contributed by atoms with E-state index >= 15 is 0 Å². The molecular formula is C8H10N2O3. The van der Waals surface area contributed by atoms with Crippen molar-refractivity contribution in [2.75, 3.05) is 0 Å². The number of rotatable bonds is 2. The smallest absolute Gasteiger partial charge is 0.404 e. The summed E-state index contributed by atoms with van der Waals surface area (Å²) in [4.78, 5) is 21.2. The average Bonchev–Trinajstić information content (AvgIpc) is 2.07. The van der Waals surface area contributed by atoms with Crippen LogP contribution in [0.15, 0.2) is 23.1 Å². The number of amides is 1. The lowest BCUT2D eigenvalue weighted by Gasteiger charge is -2.01. The Morgan fingerprint density at radius 1 is 1.69 bits per heavy atom. The van der Waals surface area contributed by atoms with Crippen molar-refractivity contribution in [3.05, 3.63) is 34.2 Å². The van der Waals surface area contributed by atoms with E-state index in [1.165, 1.54) is 10.6 Å². The van der Waals surface area contributed by atoms with Crippen LogP contribution in [-0.4, -0.2) is 15.8 Å². The topological polar surface area (TPSA) is 71.3 Å². The second-order valence-corrected chi connectivity index (χ2v) is 2.64. The molecule has 70 valence electrons. The van der Waals surface area contributed by atoms with Crippen molar-refractivity contribution in [1.29, 1.82) is 0 Å². The molecule has 0 saturated heterocycles. The molecule has 1 rings (SSSR count). The van der Waals surface area contributed by atoms with E-state index in [1.54, 1.807) is 19.3 Å². The van der Waals surface area contributed by atoms with Gasteiger partial charge in [-0.05, 0) is 11.6 Å². The van der Waals surface area contributed by atoms with E-state index in [-0.39, 0.29) is 12.1 Å². The Bertz CT molecular complexity index is 370. The monoisotopic (exact) mass is 182 g/mol. The highest BCUT2D eigenvalue weighted by molar-refractivity contribution is 5.64. The zero-order valence-electron chi connectivity index (χ0n) is 7.15. The van der Waals surface area contributed by atoms with E-state index in [1.807, 2.05) is 0 Å². The second-order valence-electron chi connectivity index (χ2n) is 2.64. The van der Waals surface area contributed by atoms with Gasteiger partial charge in [0.2, 0.25) is 0 Å². The molecule has 1 aromatic rings. The van der Waals surface area contributed by atoms with E-state index in [2.05, 4.69) is 5.32 Å². The molecule has 0 saturated carbocycles. The Morgan fingerprint density at radius 3 is 2.92 bits per heavy atom. The van der Waals surface area contributed by atoms with Gasteiger partial charge < -0.3 is 15.0 Å². The van der Waals surface area contributed by atoms with Gasteiger partial charge in [-0.15, -0.1) is 0 Å². The first-order valence-electron chi connectivity index (χ1n) is 3.72. The van der Waals surface area contributed by atoms with Crippen LogP contribution in [0.1, 0.15) is 5.56 Å². The molecule has 1 amide bonds. The number of carbonyl (C=O) groups is 1. The molecule has 0 aromatic carbocycles. The first-order valence-corrected chi connectivity index (χ1v) is 3.72. The van der Waals surface area contributed by atoms with Gasteiger partial charge in [0.05, 0.1) is 0 Å². The van der Waals surface area contributed by atoms with Crippen LogP contribution in [-0.2, 0) is 13.6 Å². The maximum Gasteiger partial charge on any atom is 0.404 e. The zero-order valence-corrected chi connectivity index (χ0v) is 7.15. The molecule has 0 bridgehead atoms. The van der Waals surface area contributed by atoms with Gasteiger partial charge in [-0.1, -0.05) is 0 Å². The Labute approximate surface area is 74.6 Å². The van der Waals surface area contributed by atoms with Crippen molar-refractivity contribution in [3.63, 3.8) is 0 Å². The molecule has 13 heavy (non-hydrogen) atoms. The number of pyridine rings is 1.